The predicted molar refractivity (Wildman–Crippen MR) is 29.6 cm³/mol. The van der Waals surface area contributed by atoms with Crippen LogP contribution in [0, 0.1) is 0 Å². The minimum atomic E-state index is 0.711. The molecule has 0 atom stereocenters. The zero-order chi connectivity index (χ0) is 5.11. The van der Waals surface area contributed by atoms with Gasteiger partial charge < -0.3 is 5.73 Å². The first kappa shape index (κ1) is 4.12. The van der Waals surface area contributed by atoms with Gasteiger partial charge in [0.25, 0.3) is 6.21 Å². The zero-order valence-electron chi connectivity index (χ0n) is 3.83. The molecule has 0 bridgehead atoms. The van der Waals surface area contributed by atoms with Crippen molar-refractivity contribution in [3.8, 4) is 0 Å². The molecule has 0 fully saturated rings. The maximum atomic E-state index is 5.30. The van der Waals surface area contributed by atoms with E-state index in [0.717, 1.165) is 0 Å². The molecule has 0 saturated heterocycles. The third-order valence-corrected chi connectivity index (χ3v) is 0.684. The minimum Gasteiger partial charge on any atom is -0.394 e. The van der Waals surface area contributed by atoms with Gasteiger partial charge in [0.1, 0.15) is 5.70 Å². The fourth-order valence-electron chi connectivity index (χ4n) is 0.376. The maximum absolute atomic E-state index is 5.30. The summed E-state index contributed by atoms with van der Waals surface area (Å²) in [6.07, 6.45) is 6.90. The Morgan fingerprint density at radius 3 is 2.71 bits per heavy atom. The van der Waals surface area contributed by atoms with E-state index in [9.17, 15) is 0 Å². The van der Waals surface area contributed by atoms with Gasteiger partial charge in [-0.2, -0.15) is 0 Å². The SMILES string of the molecule is NC1=CC=C[N+]=C1. The summed E-state index contributed by atoms with van der Waals surface area (Å²) in [5, 5.41) is 0. The van der Waals surface area contributed by atoms with Gasteiger partial charge in [-0.3, -0.25) is 0 Å². The van der Waals surface area contributed by atoms with E-state index in [1.54, 1.807) is 24.6 Å². The van der Waals surface area contributed by atoms with E-state index in [2.05, 4.69) is 4.99 Å². The molecule has 0 aromatic heterocycles. The molecule has 0 aromatic carbocycles. The number of hydrogen-bond donors (Lipinski definition) is 1. The van der Waals surface area contributed by atoms with Crippen LogP contribution >= 0.6 is 0 Å². The van der Waals surface area contributed by atoms with E-state index in [1.807, 2.05) is 0 Å². The molecule has 1 aliphatic rings. The van der Waals surface area contributed by atoms with Crippen LogP contribution in [0.5, 0.6) is 0 Å². The smallest absolute Gasteiger partial charge is 0.264 e. The molecule has 0 amide bonds. The lowest BCUT2D eigenvalue weighted by atomic mass is 10.4. The first-order valence-electron chi connectivity index (χ1n) is 2.05. The molecule has 0 unspecified atom stereocenters. The third kappa shape index (κ3) is 0.892. The Hall–Kier alpha value is -1.05. The summed E-state index contributed by atoms with van der Waals surface area (Å²) in [7, 11) is 0. The highest BCUT2D eigenvalue weighted by Gasteiger charge is 1.92. The van der Waals surface area contributed by atoms with Crippen LogP contribution in [-0.2, 0) is 0 Å². The first-order valence-corrected chi connectivity index (χ1v) is 2.05. The third-order valence-electron chi connectivity index (χ3n) is 0.684. The molecular weight excluding hydrogens is 88.1 g/mol. The van der Waals surface area contributed by atoms with Gasteiger partial charge in [0.15, 0.2) is 0 Å². The number of aliphatic imine (C=N–C) groups is 1. The average molecular weight is 94.1 g/mol. The van der Waals surface area contributed by atoms with Crippen LogP contribution in [0.4, 0.5) is 0 Å². The summed E-state index contributed by atoms with van der Waals surface area (Å²) >= 11 is 0. The summed E-state index contributed by atoms with van der Waals surface area (Å²) in [6.45, 7) is 0. The summed E-state index contributed by atoms with van der Waals surface area (Å²) < 4.78 is 0. The molecular formula is C5H6N2+. The van der Waals surface area contributed by atoms with Gasteiger partial charge in [-0.1, -0.05) is 0 Å². The van der Waals surface area contributed by atoms with E-state index in [0.29, 0.717) is 5.70 Å². The molecule has 1 aliphatic heterocycles. The van der Waals surface area contributed by atoms with Crippen LogP contribution < -0.4 is 10.7 Å². The van der Waals surface area contributed by atoms with Gasteiger partial charge in [0.05, 0.1) is 4.99 Å². The molecule has 1 heterocycles. The highest BCUT2D eigenvalue weighted by atomic mass is 14.7. The van der Waals surface area contributed by atoms with Crippen molar-refractivity contribution < 1.29 is 0 Å². The fourth-order valence-corrected chi connectivity index (χ4v) is 0.376. The molecule has 2 N–H and O–H groups in total. The lowest BCUT2D eigenvalue weighted by Crippen LogP contribution is -2.02. The second-order valence-corrected chi connectivity index (χ2v) is 1.29. The van der Waals surface area contributed by atoms with Gasteiger partial charge in [0, 0.05) is 6.08 Å². The quantitative estimate of drug-likeness (QED) is 0.442. The molecule has 0 saturated carbocycles. The monoisotopic (exact) mass is 94.1 g/mol. The summed E-state index contributed by atoms with van der Waals surface area (Å²) in [4.78, 5) is 3.76. The zero-order valence-corrected chi connectivity index (χ0v) is 3.83. The van der Waals surface area contributed by atoms with Crippen molar-refractivity contribution in [1.82, 2.24) is 4.99 Å². The van der Waals surface area contributed by atoms with E-state index in [1.165, 1.54) is 0 Å². The van der Waals surface area contributed by atoms with E-state index < -0.39 is 0 Å². The number of allylic oxidation sites excluding steroid dienone is 3. The summed E-state index contributed by atoms with van der Waals surface area (Å²) in [6, 6.07) is 0. The lowest BCUT2D eigenvalue weighted by molar-refractivity contribution is 1.34. The molecule has 0 spiro atoms. The fraction of sp³-hybridized carbons (Fsp3) is 0. The molecule has 2 nitrogen and oxygen atoms in total. The second-order valence-electron chi connectivity index (χ2n) is 1.29. The highest BCUT2D eigenvalue weighted by molar-refractivity contribution is 5.78. The summed E-state index contributed by atoms with van der Waals surface area (Å²) in [5.74, 6) is 0. The van der Waals surface area contributed by atoms with Crippen molar-refractivity contribution in [1.29, 1.82) is 0 Å². The van der Waals surface area contributed by atoms with Crippen LogP contribution in [0.25, 0.3) is 0 Å². The van der Waals surface area contributed by atoms with Gasteiger partial charge in [-0.15, -0.1) is 0 Å². The Morgan fingerprint density at radius 2 is 2.43 bits per heavy atom. The normalized spacial score (nSPS) is 16.9. The average Bonchev–Trinajstić information content (AvgIpc) is 1.69. The topological polar surface area (TPSA) is 40.1 Å². The van der Waals surface area contributed by atoms with Crippen molar-refractivity contribution >= 4 is 6.21 Å². The van der Waals surface area contributed by atoms with Crippen molar-refractivity contribution in [3.05, 3.63) is 24.0 Å². The van der Waals surface area contributed by atoms with Crippen LogP contribution in [0.1, 0.15) is 0 Å². The van der Waals surface area contributed by atoms with Crippen LogP contribution in [0.3, 0.4) is 0 Å². The Bertz CT molecular complexity index is 142. The van der Waals surface area contributed by atoms with Crippen LogP contribution in [0.2, 0.25) is 0 Å². The van der Waals surface area contributed by atoms with Gasteiger partial charge in [-0.25, -0.2) is 0 Å². The minimum absolute atomic E-state index is 0.711. The van der Waals surface area contributed by atoms with Gasteiger partial charge >= 0.3 is 0 Å². The Labute approximate surface area is 42.0 Å². The van der Waals surface area contributed by atoms with Gasteiger partial charge in [-0.05, 0) is 6.08 Å². The number of hydrogen-bond acceptors (Lipinski definition) is 2. The maximum Gasteiger partial charge on any atom is 0.264 e. The number of nitrogens with zero attached hydrogens (tertiary/aromatic N) is 1. The second kappa shape index (κ2) is 1.60. The molecule has 35 valence electrons. The van der Waals surface area contributed by atoms with Crippen molar-refractivity contribution in [2.24, 2.45) is 5.73 Å². The first-order chi connectivity index (χ1) is 3.39. The Morgan fingerprint density at radius 1 is 1.57 bits per heavy atom. The Kier molecular flexibility index (Phi) is 0.941. The standard InChI is InChI=1S/C5H6N2/c6-5-2-1-3-7-4-5/h1-4H,6H2/q+1. The molecule has 0 aliphatic carbocycles. The molecule has 2 heteroatoms. The largest absolute Gasteiger partial charge is 0.394 e. The molecule has 7 heavy (non-hydrogen) atoms. The van der Waals surface area contributed by atoms with Gasteiger partial charge in [0.2, 0.25) is 6.20 Å². The molecule has 1 radical (unpaired) electrons. The van der Waals surface area contributed by atoms with Crippen molar-refractivity contribution in [2.75, 3.05) is 0 Å². The Balaban J connectivity index is 2.82. The van der Waals surface area contributed by atoms with Crippen molar-refractivity contribution in [2.45, 2.75) is 0 Å². The molecule has 0 aromatic rings. The number of nitrogens with two attached hydrogens (primary N) is 1. The van der Waals surface area contributed by atoms with Crippen LogP contribution in [0.15, 0.2) is 24.0 Å². The molecule has 1 rings (SSSR count). The van der Waals surface area contributed by atoms with Crippen molar-refractivity contribution in [3.63, 3.8) is 0 Å². The predicted octanol–water partition coefficient (Wildman–Crippen LogP) is -0.237. The van der Waals surface area contributed by atoms with Crippen LogP contribution in [-0.4, -0.2) is 6.21 Å². The van der Waals surface area contributed by atoms with E-state index in [-0.39, 0.29) is 0 Å². The van der Waals surface area contributed by atoms with E-state index in [4.69, 9.17) is 5.73 Å². The van der Waals surface area contributed by atoms with E-state index >= 15 is 0 Å². The summed E-state index contributed by atoms with van der Waals surface area (Å²) in [5.41, 5.74) is 6.01. The lowest BCUT2D eigenvalue weighted by Gasteiger charge is -1.79. The number of rotatable bonds is 0. The highest BCUT2D eigenvalue weighted by Crippen LogP contribution is 1.81.